The van der Waals surface area contributed by atoms with Gasteiger partial charge in [-0.05, 0) is 23.3 Å². The Kier molecular flexibility index (Phi) is 6.13. The van der Waals surface area contributed by atoms with Gasteiger partial charge in [0.1, 0.15) is 5.71 Å². The first-order chi connectivity index (χ1) is 15.0. The summed E-state index contributed by atoms with van der Waals surface area (Å²) >= 11 is 1.24. The Bertz CT molecular complexity index is 1150. The molecule has 1 aromatic heterocycles. The molecule has 3 aromatic rings. The smallest absolute Gasteiger partial charge is 0.273 e. The highest BCUT2D eigenvalue weighted by molar-refractivity contribution is 7.15. The third-order valence-corrected chi connectivity index (χ3v) is 5.59. The zero-order chi connectivity index (χ0) is 21.8. The summed E-state index contributed by atoms with van der Waals surface area (Å²) in [5, 5.41) is 8.62. The average molecular weight is 440 g/mol. The maximum Gasteiger partial charge on any atom is 0.273 e. The van der Waals surface area contributed by atoms with Crippen LogP contribution in [0.4, 0.5) is 13.9 Å². The lowest BCUT2D eigenvalue weighted by atomic mass is 10.1. The van der Waals surface area contributed by atoms with Crippen molar-refractivity contribution in [3.63, 3.8) is 0 Å². The number of hydrogen-bond acceptors (Lipinski definition) is 5. The van der Waals surface area contributed by atoms with Crippen LogP contribution < -0.4 is 5.32 Å². The van der Waals surface area contributed by atoms with Crippen LogP contribution in [0.5, 0.6) is 0 Å². The van der Waals surface area contributed by atoms with Gasteiger partial charge in [0.25, 0.3) is 5.91 Å². The first-order valence-electron chi connectivity index (χ1n) is 9.59. The molecular formula is C22H18F2N4O2S. The summed E-state index contributed by atoms with van der Waals surface area (Å²) in [4.78, 5) is 29.7. The van der Waals surface area contributed by atoms with Gasteiger partial charge in [-0.15, -0.1) is 11.3 Å². The summed E-state index contributed by atoms with van der Waals surface area (Å²) in [6.07, 6.45) is 2.40. The van der Waals surface area contributed by atoms with Gasteiger partial charge in [0, 0.05) is 30.3 Å². The molecule has 2 amide bonds. The predicted molar refractivity (Wildman–Crippen MR) is 114 cm³/mol. The van der Waals surface area contributed by atoms with Crippen LogP contribution >= 0.6 is 11.3 Å². The van der Waals surface area contributed by atoms with E-state index in [4.69, 9.17) is 0 Å². The van der Waals surface area contributed by atoms with Crippen LogP contribution in [0, 0.1) is 11.6 Å². The number of carbonyl (C=O) groups excluding carboxylic acids is 2. The summed E-state index contributed by atoms with van der Waals surface area (Å²) in [5.41, 5.74) is 1.78. The molecule has 0 saturated carbocycles. The van der Waals surface area contributed by atoms with Crippen LogP contribution in [0.15, 0.2) is 59.8 Å². The molecule has 0 saturated heterocycles. The summed E-state index contributed by atoms with van der Waals surface area (Å²) in [7, 11) is 0. The number of amides is 2. The molecule has 0 radical (unpaired) electrons. The molecule has 2 heterocycles. The van der Waals surface area contributed by atoms with Crippen LogP contribution in [0.25, 0.3) is 0 Å². The first kappa shape index (κ1) is 20.8. The summed E-state index contributed by atoms with van der Waals surface area (Å²) < 4.78 is 26.4. The number of halogens is 2. The van der Waals surface area contributed by atoms with Crippen LogP contribution in [-0.2, 0) is 22.6 Å². The van der Waals surface area contributed by atoms with E-state index in [1.54, 1.807) is 6.20 Å². The number of hydrazone groups is 1. The predicted octanol–water partition coefficient (Wildman–Crippen LogP) is 4.13. The number of aromatic nitrogens is 1. The van der Waals surface area contributed by atoms with Crippen molar-refractivity contribution in [3.8, 4) is 0 Å². The number of hydrogen-bond donors (Lipinski definition) is 1. The minimum Gasteiger partial charge on any atom is -0.297 e. The molecule has 0 spiro atoms. The molecule has 1 aliphatic heterocycles. The highest BCUT2D eigenvalue weighted by Crippen LogP contribution is 2.23. The minimum atomic E-state index is -0.902. The van der Waals surface area contributed by atoms with Crippen LogP contribution in [0.3, 0.4) is 0 Å². The SMILES string of the molecule is O=C(Nc1ncc(Cc2ccc(F)c(F)c2)s1)C1=NN(Cc2ccccc2)C(=O)CC1. The van der Waals surface area contributed by atoms with Gasteiger partial charge >= 0.3 is 0 Å². The van der Waals surface area contributed by atoms with Gasteiger partial charge in [-0.2, -0.15) is 5.10 Å². The van der Waals surface area contributed by atoms with Crippen molar-refractivity contribution in [2.75, 3.05) is 5.32 Å². The van der Waals surface area contributed by atoms with Gasteiger partial charge in [0.2, 0.25) is 5.91 Å². The largest absolute Gasteiger partial charge is 0.297 e. The van der Waals surface area contributed by atoms with Crippen molar-refractivity contribution in [3.05, 3.63) is 82.4 Å². The Hall–Kier alpha value is -3.46. The molecule has 4 rings (SSSR count). The van der Waals surface area contributed by atoms with Gasteiger partial charge in [0.05, 0.1) is 6.54 Å². The van der Waals surface area contributed by atoms with Gasteiger partial charge in [-0.1, -0.05) is 36.4 Å². The molecule has 0 unspecified atom stereocenters. The highest BCUT2D eigenvalue weighted by Gasteiger charge is 2.25. The number of carbonyl (C=O) groups is 2. The van der Waals surface area contributed by atoms with E-state index < -0.39 is 17.5 Å². The van der Waals surface area contributed by atoms with E-state index >= 15 is 0 Å². The normalized spacial score (nSPS) is 13.8. The second-order valence-electron chi connectivity index (χ2n) is 6.99. The fourth-order valence-electron chi connectivity index (χ4n) is 3.11. The van der Waals surface area contributed by atoms with Crippen LogP contribution in [-0.4, -0.2) is 27.5 Å². The third-order valence-electron chi connectivity index (χ3n) is 4.68. The molecular weight excluding hydrogens is 422 g/mol. The maximum atomic E-state index is 13.4. The summed E-state index contributed by atoms with van der Waals surface area (Å²) in [6, 6.07) is 13.1. The molecule has 2 aromatic carbocycles. The van der Waals surface area contributed by atoms with E-state index in [9.17, 15) is 18.4 Å². The van der Waals surface area contributed by atoms with Crippen LogP contribution in [0.1, 0.15) is 28.8 Å². The molecule has 31 heavy (non-hydrogen) atoms. The Morgan fingerprint density at radius 2 is 1.87 bits per heavy atom. The molecule has 0 bridgehead atoms. The lowest BCUT2D eigenvalue weighted by molar-refractivity contribution is -0.132. The Morgan fingerprint density at radius 1 is 1.06 bits per heavy atom. The molecule has 158 valence electrons. The van der Waals surface area contributed by atoms with Crippen molar-refractivity contribution < 1.29 is 18.4 Å². The average Bonchev–Trinajstić information content (AvgIpc) is 3.19. The lowest BCUT2D eigenvalue weighted by Crippen LogP contribution is -2.35. The first-order valence-corrected chi connectivity index (χ1v) is 10.4. The number of nitrogens with zero attached hydrogens (tertiary/aromatic N) is 3. The fraction of sp³-hybridized carbons (Fsp3) is 0.182. The van der Waals surface area contributed by atoms with Gasteiger partial charge in [0.15, 0.2) is 16.8 Å². The summed E-state index contributed by atoms with van der Waals surface area (Å²) in [5.74, 6) is -2.35. The van der Waals surface area contributed by atoms with Gasteiger partial charge in [-0.25, -0.2) is 18.8 Å². The molecule has 1 aliphatic rings. The maximum absolute atomic E-state index is 13.4. The molecule has 1 N–H and O–H groups in total. The number of nitrogens with one attached hydrogen (secondary N) is 1. The van der Waals surface area contributed by atoms with E-state index in [0.29, 0.717) is 23.7 Å². The number of anilines is 1. The van der Waals surface area contributed by atoms with Gasteiger partial charge in [-0.3, -0.25) is 14.9 Å². The number of benzene rings is 2. The van der Waals surface area contributed by atoms with Crippen molar-refractivity contribution in [1.29, 1.82) is 0 Å². The van der Waals surface area contributed by atoms with Crippen molar-refractivity contribution >= 4 is 34.0 Å². The number of rotatable bonds is 6. The van der Waals surface area contributed by atoms with E-state index in [0.717, 1.165) is 22.6 Å². The van der Waals surface area contributed by atoms with Crippen LogP contribution in [0.2, 0.25) is 0 Å². The zero-order valence-electron chi connectivity index (χ0n) is 16.3. The Morgan fingerprint density at radius 3 is 2.65 bits per heavy atom. The van der Waals surface area contributed by atoms with E-state index in [2.05, 4.69) is 15.4 Å². The lowest BCUT2D eigenvalue weighted by Gasteiger charge is -2.23. The standard InChI is InChI=1S/C22H18F2N4O2S/c23-17-7-6-15(11-18(17)24)10-16-12-25-22(31-16)26-21(30)19-8-9-20(29)28(27-19)13-14-4-2-1-3-5-14/h1-7,11-12H,8-10,13H2,(H,25,26,30). The third kappa shape index (κ3) is 5.18. The fourth-order valence-corrected chi connectivity index (χ4v) is 3.95. The second kappa shape index (κ2) is 9.13. The van der Waals surface area contributed by atoms with E-state index in [-0.39, 0.29) is 24.5 Å². The number of thiazole rings is 1. The van der Waals surface area contributed by atoms with Crippen molar-refractivity contribution in [2.24, 2.45) is 5.10 Å². The van der Waals surface area contributed by atoms with E-state index in [1.807, 2.05) is 30.3 Å². The van der Waals surface area contributed by atoms with Crippen molar-refractivity contribution in [1.82, 2.24) is 9.99 Å². The van der Waals surface area contributed by atoms with E-state index in [1.165, 1.54) is 22.4 Å². The minimum absolute atomic E-state index is 0.136. The molecule has 0 fully saturated rings. The monoisotopic (exact) mass is 440 g/mol. The highest BCUT2D eigenvalue weighted by atomic mass is 32.1. The zero-order valence-corrected chi connectivity index (χ0v) is 17.2. The quantitative estimate of drug-likeness (QED) is 0.626. The molecule has 9 heteroatoms. The topological polar surface area (TPSA) is 74.7 Å². The van der Waals surface area contributed by atoms with Gasteiger partial charge < -0.3 is 0 Å². The summed E-state index contributed by atoms with van der Waals surface area (Å²) in [6.45, 7) is 0.298. The second-order valence-corrected chi connectivity index (χ2v) is 8.11. The molecule has 0 aliphatic carbocycles. The molecule has 6 nitrogen and oxygen atoms in total. The molecule has 0 atom stereocenters. The Labute approximate surface area is 181 Å². The van der Waals surface area contributed by atoms with Crippen molar-refractivity contribution in [2.45, 2.75) is 25.8 Å². The Balaban J connectivity index is 1.41.